The van der Waals surface area contributed by atoms with Crippen LogP contribution in [-0.4, -0.2) is 25.7 Å². The van der Waals surface area contributed by atoms with Crippen molar-refractivity contribution in [2.75, 3.05) is 0 Å². The molecule has 0 saturated heterocycles. The van der Waals surface area contributed by atoms with E-state index >= 15 is 0 Å². The molecule has 1 aliphatic carbocycles. The molecule has 2 aromatic heterocycles. The van der Waals surface area contributed by atoms with Gasteiger partial charge < -0.3 is 5.11 Å². The summed E-state index contributed by atoms with van der Waals surface area (Å²) in [5.41, 5.74) is 1.50. The molecular weight excluding hydrogens is 218 g/mol. The Kier molecular flexibility index (Phi) is 2.31. The molecule has 0 spiro atoms. The number of hydrogen-bond acceptors (Lipinski definition) is 3. The van der Waals surface area contributed by atoms with Gasteiger partial charge in [-0.25, -0.2) is 0 Å². The summed E-state index contributed by atoms with van der Waals surface area (Å²) in [5, 5.41) is 17.0. The van der Waals surface area contributed by atoms with E-state index in [9.17, 15) is 4.79 Å². The van der Waals surface area contributed by atoms with E-state index in [0.717, 1.165) is 17.0 Å². The van der Waals surface area contributed by atoms with Crippen LogP contribution in [0.25, 0.3) is 5.65 Å². The Morgan fingerprint density at radius 3 is 2.94 bits per heavy atom. The zero-order valence-electron chi connectivity index (χ0n) is 9.33. The lowest BCUT2D eigenvalue weighted by Crippen LogP contribution is -2.12. The second-order valence-electron chi connectivity index (χ2n) is 4.52. The van der Waals surface area contributed by atoms with Gasteiger partial charge in [-0.05, 0) is 30.5 Å². The summed E-state index contributed by atoms with van der Waals surface area (Å²) in [6.07, 6.45) is 5.52. The minimum absolute atomic E-state index is 0.0299. The van der Waals surface area contributed by atoms with Crippen LogP contribution in [0.15, 0.2) is 18.3 Å². The third-order valence-corrected chi connectivity index (χ3v) is 3.33. The number of rotatable bonds is 3. The molecule has 5 nitrogen and oxygen atoms in total. The summed E-state index contributed by atoms with van der Waals surface area (Å²) >= 11 is 0. The van der Waals surface area contributed by atoms with Gasteiger partial charge in [0.1, 0.15) is 5.82 Å². The van der Waals surface area contributed by atoms with Gasteiger partial charge in [-0.15, -0.1) is 10.2 Å². The average molecular weight is 231 g/mol. The highest BCUT2D eigenvalue weighted by Gasteiger charge is 2.24. The number of aliphatic carboxylic acids is 1. The Balaban J connectivity index is 1.98. The largest absolute Gasteiger partial charge is 0.481 e. The van der Waals surface area contributed by atoms with Crippen LogP contribution in [0.2, 0.25) is 0 Å². The zero-order chi connectivity index (χ0) is 11.8. The van der Waals surface area contributed by atoms with Crippen LogP contribution in [0.5, 0.6) is 0 Å². The quantitative estimate of drug-likeness (QED) is 0.871. The van der Waals surface area contributed by atoms with Crippen molar-refractivity contribution < 1.29 is 9.90 Å². The van der Waals surface area contributed by atoms with Crippen molar-refractivity contribution >= 4 is 11.6 Å². The van der Waals surface area contributed by atoms with E-state index in [1.54, 1.807) is 6.07 Å². The minimum atomic E-state index is -0.826. The lowest BCUT2D eigenvalue weighted by molar-refractivity contribution is -0.136. The fourth-order valence-corrected chi connectivity index (χ4v) is 2.18. The van der Waals surface area contributed by atoms with Crippen LogP contribution in [0, 0.1) is 0 Å². The molecule has 0 unspecified atom stereocenters. The molecule has 3 rings (SSSR count). The van der Waals surface area contributed by atoms with E-state index in [0.29, 0.717) is 5.92 Å². The lowest BCUT2D eigenvalue weighted by Gasteiger charge is -2.23. The summed E-state index contributed by atoms with van der Waals surface area (Å²) in [7, 11) is 0. The zero-order valence-corrected chi connectivity index (χ0v) is 9.33. The predicted molar refractivity (Wildman–Crippen MR) is 60.9 cm³/mol. The molecule has 1 aliphatic rings. The van der Waals surface area contributed by atoms with E-state index in [2.05, 4.69) is 10.2 Å². The lowest BCUT2D eigenvalue weighted by atomic mass is 9.85. The molecule has 88 valence electrons. The highest BCUT2D eigenvalue weighted by atomic mass is 16.4. The number of fused-ring (bicyclic) bond motifs is 1. The van der Waals surface area contributed by atoms with Gasteiger partial charge in [0.15, 0.2) is 5.65 Å². The van der Waals surface area contributed by atoms with Crippen molar-refractivity contribution in [1.29, 1.82) is 0 Å². The first-order valence-corrected chi connectivity index (χ1v) is 5.79. The number of carboxylic acid groups (broad SMARTS) is 1. The standard InChI is InChI=1S/C12H13N3O2/c16-11(17)7-8-4-5-15-10(6-8)13-14-12(15)9-2-1-3-9/h4-6,9H,1-3,7H2,(H,16,17). The summed E-state index contributed by atoms with van der Waals surface area (Å²) in [6.45, 7) is 0. The number of pyridine rings is 1. The highest BCUT2D eigenvalue weighted by Crippen LogP contribution is 2.35. The van der Waals surface area contributed by atoms with Crippen LogP contribution >= 0.6 is 0 Å². The smallest absolute Gasteiger partial charge is 0.307 e. The SMILES string of the molecule is O=C(O)Cc1ccn2c(C3CCC3)nnc2c1. The van der Waals surface area contributed by atoms with Crippen LogP contribution in [0.3, 0.4) is 0 Å². The fourth-order valence-electron chi connectivity index (χ4n) is 2.18. The second kappa shape index (κ2) is 3.84. The van der Waals surface area contributed by atoms with Crippen molar-refractivity contribution in [3.63, 3.8) is 0 Å². The Morgan fingerprint density at radius 2 is 2.29 bits per heavy atom. The highest BCUT2D eigenvalue weighted by molar-refractivity contribution is 5.70. The number of hydrogen-bond donors (Lipinski definition) is 1. The van der Waals surface area contributed by atoms with Crippen LogP contribution in [0.1, 0.15) is 36.6 Å². The third-order valence-electron chi connectivity index (χ3n) is 3.33. The van der Waals surface area contributed by atoms with Gasteiger partial charge in [0.25, 0.3) is 0 Å². The van der Waals surface area contributed by atoms with Gasteiger partial charge in [-0.3, -0.25) is 9.20 Å². The summed E-state index contributed by atoms with van der Waals surface area (Å²) in [4.78, 5) is 10.6. The Hall–Kier alpha value is -1.91. The first-order valence-electron chi connectivity index (χ1n) is 5.79. The number of nitrogens with zero attached hydrogens (tertiary/aromatic N) is 3. The van der Waals surface area contributed by atoms with Crippen LogP contribution in [-0.2, 0) is 11.2 Å². The Bertz CT molecular complexity index is 572. The average Bonchev–Trinajstić information content (AvgIpc) is 2.58. The van der Waals surface area contributed by atoms with E-state index in [1.807, 2.05) is 16.7 Å². The van der Waals surface area contributed by atoms with Crippen molar-refractivity contribution in [3.05, 3.63) is 29.7 Å². The second-order valence-corrected chi connectivity index (χ2v) is 4.52. The molecule has 0 aliphatic heterocycles. The molecule has 0 amide bonds. The van der Waals surface area contributed by atoms with Crippen molar-refractivity contribution in [2.24, 2.45) is 0 Å². The normalized spacial score (nSPS) is 16.0. The summed E-state index contributed by atoms with van der Waals surface area (Å²) in [5.74, 6) is 0.705. The Morgan fingerprint density at radius 1 is 1.47 bits per heavy atom. The number of carbonyl (C=O) groups is 1. The molecule has 1 fully saturated rings. The topological polar surface area (TPSA) is 67.5 Å². The Labute approximate surface area is 98.1 Å². The molecule has 1 N–H and O–H groups in total. The minimum Gasteiger partial charge on any atom is -0.481 e. The third kappa shape index (κ3) is 1.77. The summed E-state index contributed by atoms with van der Waals surface area (Å²) < 4.78 is 1.97. The maximum absolute atomic E-state index is 10.6. The molecule has 0 radical (unpaired) electrons. The van der Waals surface area contributed by atoms with Gasteiger partial charge in [0.2, 0.25) is 0 Å². The molecular formula is C12H13N3O2. The van der Waals surface area contributed by atoms with Gasteiger partial charge in [-0.2, -0.15) is 0 Å². The first kappa shape index (κ1) is 10.3. The molecule has 0 atom stereocenters. The van der Waals surface area contributed by atoms with E-state index < -0.39 is 5.97 Å². The van der Waals surface area contributed by atoms with Gasteiger partial charge >= 0.3 is 5.97 Å². The summed E-state index contributed by atoms with van der Waals surface area (Å²) in [6, 6.07) is 3.62. The molecule has 1 saturated carbocycles. The van der Waals surface area contributed by atoms with Gasteiger partial charge in [0.05, 0.1) is 6.42 Å². The monoisotopic (exact) mass is 231 g/mol. The molecule has 5 heteroatoms. The van der Waals surface area contributed by atoms with E-state index in [4.69, 9.17) is 5.11 Å². The molecule has 0 bridgehead atoms. The number of carboxylic acids is 1. The van der Waals surface area contributed by atoms with Gasteiger partial charge in [-0.1, -0.05) is 6.42 Å². The predicted octanol–water partition coefficient (Wildman–Crippen LogP) is 1.62. The van der Waals surface area contributed by atoms with Crippen LogP contribution < -0.4 is 0 Å². The van der Waals surface area contributed by atoms with Gasteiger partial charge in [0, 0.05) is 12.1 Å². The van der Waals surface area contributed by atoms with Crippen molar-refractivity contribution in [1.82, 2.24) is 14.6 Å². The molecule has 0 aromatic carbocycles. The maximum atomic E-state index is 10.6. The fraction of sp³-hybridized carbons (Fsp3) is 0.417. The molecule has 2 aromatic rings. The number of aromatic nitrogens is 3. The van der Waals surface area contributed by atoms with E-state index in [-0.39, 0.29) is 6.42 Å². The first-order chi connectivity index (χ1) is 8.24. The maximum Gasteiger partial charge on any atom is 0.307 e. The van der Waals surface area contributed by atoms with Crippen molar-refractivity contribution in [3.8, 4) is 0 Å². The van der Waals surface area contributed by atoms with E-state index in [1.165, 1.54) is 19.3 Å². The van der Waals surface area contributed by atoms with Crippen LogP contribution in [0.4, 0.5) is 0 Å². The van der Waals surface area contributed by atoms with Crippen molar-refractivity contribution in [2.45, 2.75) is 31.6 Å². The molecule has 2 heterocycles. The molecule has 17 heavy (non-hydrogen) atoms.